The minimum Gasteiger partial charge on any atom is -0.339 e. The summed E-state index contributed by atoms with van der Waals surface area (Å²) in [6.07, 6.45) is 10.6. The van der Waals surface area contributed by atoms with E-state index in [4.69, 9.17) is 0 Å². The predicted octanol–water partition coefficient (Wildman–Crippen LogP) is 2.54. The Kier molecular flexibility index (Phi) is 4.25. The van der Waals surface area contributed by atoms with E-state index in [1.807, 2.05) is 21.9 Å². The van der Waals surface area contributed by atoms with Crippen molar-refractivity contribution in [3.05, 3.63) is 30.1 Å². The van der Waals surface area contributed by atoms with E-state index in [0.29, 0.717) is 19.0 Å². The number of carbonyl (C=O) groups is 2. The maximum atomic E-state index is 13.1. The van der Waals surface area contributed by atoms with Crippen LogP contribution in [0.25, 0.3) is 0 Å². The Hall–Kier alpha value is -1.91. The smallest absolute Gasteiger partial charge is 0.228 e. The number of carbonyl (C=O) groups excluding carboxylic acids is 2. The number of pyridine rings is 1. The van der Waals surface area contributed by atoms with E-state index in [-0.39, 0.29) is 23.8 Å². The van der Waals surface area contributed by atoms with E-state index >= 15 is 0 Å². The van der Waals surface area contributed by atoms with Gasteiger partial charge in [-0.25, -0.2) is 0 Å². The van der Waals surface area contributed by atoms with Gasteiger partial charge in [0.25, 0.3) is 0 Å². The van der Waals surface area contributed by atoms with E-state index in [1.54, 1.807) is 12.4 Å². The standard InChI is InChI=1S/C19H25N3O2/c23-18-12-15(13-22(18)16-4-1-2-5-16)19(24)21-11-3-6-17(21)14-7-9-20-10-8-14/h7-10,15-17H,1-6,11-13H2/t15-,17-/m1/s1. The van der Waals surface area contributed by atoms with Crippen LogP contribution in [-0.2, 0) is 9.59 Å². The molecule has 128 valence electrons. The first-order valence-electron chi connectivity index (χ1n) is 9.24. The van der Waals surface area contributed by atoms with Crippen LogP contribution in [0, 0.1) is 5.92 Å². The molecule has 0 bridgehead atoms. The SMILES string of the molecule is O=C1C[C@@H](C(=O)N2CCC[C@@H]2c2ccncc2)CN1C1CCCC1. The fraction of sp³-hybridized carbons (Fsp3) is 0.632. The lowest BCUT2D eigenvalue weighted by molar-refractivity contribution is -0.136. The summed E-state index contributed by atoms with van der Waals surface area (Å²) in [6, 6.07) is 4.53. The summed E-state index contributed by atoms with van der Waals surface area (Å²) < 4.78 is 0. The first-order valence-corrected chi connectivity index (χ1v) is 9.24. The van der Waals surface area contributed by atoms with E-state index in [0.717, 1.165) is 37.8 Å². The van der Waals surface area contributed by atoms with Gasteiger partial charge in [0.1, 0.15) is 0 Å². The van der Waals surface area contributed by atoms with E-state index in [1.165, 1.54) is 12.8 Å². The largest absolute Gasteiger partial charge is 0.339 e. The summed E-state index contributed by atoms with van der Waals surface area (Å²) in [5, 5.41) is 0. The molecule has 0 unspecified atom stereocenters. The van der Waals surface area contributed by atoms with Crippen molar-refractivity contribution < 1.29 is 9.59 Å². The molecule has 1 aromatic heterocycles. The van der Waals surface area contributed by atoms with Crippen LogP contribution in [0.5, 0.6) is 0 Å². The molecule has 2 atom stereocenters. The van der Waals surface area contributed by atoms with Crippen molar-refractivity contribution in [2.45, 2.75) is 57.0 Å². The average Bonchev–Trinajstić information content (AvgIpc) is 3.35. The Morgan fingerprint density at radius 2 is 1.83 bits per heavy atom. The molecule has 4 rings (SSSR count). The van der Waals surface area contributed by atoms with Gasteiger partial charge in [0, 0.05) is 37.9 Å². The molecule has 0 spiro atoms. The topological polar surface area (TPSA) is 53.5 Å². The molecule has 2 saturated heterocycles. The second-order valence-electron chi connectivity index (χ2n) is 7.36. The van der Waals surface area contributed by atoms with E-state index in [2.05, 4.69) is 4.98 Å². The van der Waals surface area contributed by atoms with Gasteiger partial charge < -0.3 is 9.80 Å². The highest BCUT2D eigenvalue weighted by Gasteiger charge is 2.42. The molecule has 5 heteroatoms. The predicted molar refractivity (Wildman–Crippen MR) is 90.0 cm³/mol. The molecular weight excluding hydrogens is 302 g/mol. The zero-order valence-electron chi connectivity index (χ0n) is 14.1. The van der Waals surface area contributed by atoms with Crippen molar-refractivity contribution >= 4 is 11.8 Å². The molecule has 2 aliphatic heterocycles. The van der Waals surface area contributed by atoms with Gasteiger partial charge >= 0.3 is 0 Å². The van der Waals surface area contributed by atoms with Gasteiger partial charge in [-0.1, -0.05) is 12.8 Å². The van der Waals surface area contributed by atoms with Gasteiger partial charge in [-0.05, 0) is 43.4 Å². The molecule has 3 fully saturated rings. The molecule has 3 heterocycles. The monoisotopic (exact) mass is 327 g/mol. The molecule has 1 saturated carbocycles. The number of amides is 2. The summed E-state index contributed by atoms with van der Waals surface area (Å²) in [6.45, 7) is 1.43. The fourth-order valence-electron chi connectivity index (χ4n) is 4.66. The van der Waals surface area contributed by atoms with Crippen LogP contribution < -0.4 is 0 Å². The maximum Gasteiger partial charge on any atom is 0.228 e. The third-order valence-electron chi connectivity index (χ3n) is 5.90. The quantitative estimate of drug-likeness (QED) is 0.857. The lowest BCUT2D eigenvalue weighted by atomic mass is 10.0. The van der Waals surface area contributed by atoms with Crippen molar-refractivity contribution in [1.82, 2.24) is 14.8 Å². The Balaban J connectivity index is 1.46. The molecule has 1 aromatic rings. The summed E-state index contributed by atoms with van der Waals surface area (Å²) in [4.78, 5) is 33.5. The van der Waals surface area contributed by atoms with Gasteiger partial charge in [-0.3, -0.25) is 14.6 Å². The summed E-state index contributed by atoms with van der Waals surface area (Å²) in [7, 11) is 0. The molecule has 1 aliphatic carbocycles. The fourth-order valence-corrected chi connectivity index (χ4v) is 4.66. The van der Waals surface area contributed by atoms with Crippen molar-refractivity contribution in [2.75, 3.05) is 13.1 Å². The van der Waals surface area contributed by atoms with Gasteiger partial charge in [0.05, 0.1) is 12.0 Å². The molecule has 24 heavy (non-hydrogen) atoms. The third-order valence-corrected chi connectivity index (χ3v) is 5.90. The molecule has 5 nitrogen and oxygen atoms in total. The Bertz CT molecular complexity index is 612. The second-order valence-corrected chi connectivity index (χ2v) is 7.36. The Labute approximate surface area is 143 Å². The highest BCUT2D eigenvalue weighted by molar-refractivity contribution is 5.89. The van der Waals surface area contributed by atoms with E-state index in [9.17, 15) is 9.59 Å². The van der Waals surface area contributed by atoms with Crippen molar-refractivity contribution in [2.24, 2.45) is 5.92 Å². The van der Waals surface area contributed by atoms with Crippen LogP contribution in [0.4, 0.5) is 0 Å². The number of aromatic nitrogens is 1. The van der Waals surface area contributed by atoms with Crippen molar-refractivity contribution in [3.63, 3.8) is 0 Å². The number of hydrogen-bond donors (Lipinski definition) is 0. The molecule has 0 N–H and O–H groups in total. The summed E-state index contributed by atoms with van der Waals surface area (Å²) >= 11 is 0. The van der Waals surface area contributed by atoms with Gasteiger partial charge in [0.2, 0.25) is 11.8 Å². The Morgan fingerprint density at radius 1 is 1.08 bits per heavy atom. The second kappa shape index (κ2) is 6.54. The van der Waals surface area contributed by atoms with Crippen molar-refractivity contribution in [3.8, 4) is 0 Å². The van der Waals surface area contributed by atoms with Gasteiger partial charge in [0.15, 0.2) is 0 Å². The van der Waals surface area contributed by atoms with Gasteiger partial charge in [-0.2, -0.15) is 0 Å². The van der Waals surface area contributed by atoms with Gasteiger partial charge in [-0.15, -0.1) is 0 Å². The van der Waals surface area contributed by atoms with Crippen molar-refractivity contribution in [1.29, 1.82) is 0 Å². The van der Waals surface area contributed by atoms with Crippen LogP contribution in [0.2, 0.25) is 0 Å². The maximum absolute atomic E-state index is 13.1. The van der Waals surface area contributed by atoms with Crippen LogP contribution in [0.1, 0.15) is 56.6 Å². The lowest BCUT2D eigenvalue weighted by Crippen LogP contribution is -2.38. The minimum absolute atomic E-state index is 0.149. The molecule has 0 radical (unpaired) electrons. The zero-order valence-corrected chi connectivity index (χ0v) is 14.1. The number of nitrogens with zero attached hydrogens (tertiary/aromatic N) is 3. The van der Waals surface area contributed by atoms with Crippen LogP contribution in [0.15, 0.2) is 24.5 Å². The molecule has 0 aromatic carbocycles. The minimum atomic E-state index is -0.152. The van der Waals surface area contributed by atoms with E-state index < -0.39 is 0 Å². The first-order chi connectivity index (χ1) is 11.7. The summed E-state index contributed by atoms with van der Waals surface area (Å²) in [5.74, 6) is 0.198. The Morgan fingerprint density at radius 3 is 2.58 bits per heavy atom. The third kappa shape index (κ3) is 2.80. The molecular formula is C19H25N3O2. The molecule has 3 aliphatic rings. The number of rotatable bonds is 3. The van der Waals surface area contributed by atoms with Crippen LogP contribution in [0.3, 0.4) is 0 Å². The molecule has 2 amide bonds. The summed E-state index contributed by atoms with van der Waals surface area (Å²) in [5.41, 5.74) is 1.16. The number of likely N-dealkylation sites (tertiary alicyclic amines) is 2. The van der Waals surface area contributed by atoms with Crippen LogP contribution >= 0.6 is 0 Å². The van der Waals surface area contributed by atoms with Crippen LogP contribution in [-0.4, -0.2) is 45.7 Å². The highest BCUT2D eigenvalue weighted by Crippen LogP contribution is 2.35. The first kappa shape index (κ1) is 15.6. The lowest BCUT2D eigenvalue weighted by Gasteiger charge is -2.28. The number of hydrogen-bond acceptors (Lipinski definition) is 3. The highest BCUT2D eigenvalue weighted by atomic mass is 16.2. The average molecular weight is 327 g/mol. The normalized spacial score (nSPS) is 28.1. The zero-order chi connectivity index (χ0) is 16.5.